The van der Waals surface area contributed by atoms with Gasteiger partial charge in [0.05, 0.1) is 24.6 Å². The first kappa shape index (κ1) is 24.7. The van der Waals surface area contributed by atoms with Crippen LogP contribution >= 0.6 is 0 Å². The van der Waals surface area contributed by atoms with Crippen molar-refractivity contribution in [2.24, 2.45) is 0 Å². The summed E-state index contributed by atoms with van der Waals surface area (Å²) in [6.07, 6.45) is 2.65. The molecule has 0 bridgehead atoms. The van der Waals surface area contributed by atoms with Crippen LogP contribution in [-0.2, 0) is 14.8 Å². The summed E-state index contributed by atoms with van der Waals surface area (Å²) in [7, 11) is -3.46. The molecule has 1 atom stereocenters. The van der Waals surface area contributed by atoms with E-state index in [4.69, 9.17) is 4.74 Å². The minimum absolute atomic E-state index is 0.0507. The van der Waals surface area contributed by atoms with Crippen molar-refractivity contribution in [2.75, 3.05) is 23.7 Å². The largest absolute Gasteiger partial charge is 0.494 e. The van der Waals surface area contributed by atoms with E-state index in [1.54, 1.807) is 24.3 Å². The number of aryl methyl sites for hydroxylation is 2. The van der Waals surface area contributed by atoms with E-state index in [0.29, 0.717) is 24.5 Å². The average Bonchev–Trinajstić information content (AvgIpc) is 2.70. The molecule has 7 heteroatoms. The Morgan fingerprint density at radius 3 is 2.32 bits per heavy atom. The van der Waals surface area contributed by atoms with Crippen molar-refractivity contribution in [1.82, 2.24) is 5.32 Å². The lowest BCUT2D eigenvalue weighted by atomic mass is 9.97. The predicted molar refractivity (Wildman–Crippen MR) is 126 cm³/mol. The van der Waals surface area contributed by atoms with Gasteiger partial charge in [-0.1, -0.05) is 30.7 Å². The van der Waals surface area contributed by atoms with Gasteiger partial charge in [-0.15, -0.1) is 0 Å². The number of ether oxygens (including phenoxy) is 1. The van der Waals surface area contributed by atoms with Crippen LogP contribution in [0.15, 0.2) is 42.5 Å². The zero-order valence-electron chi connectivity index (χ0n) is 19.1. The minimum Gasteiger partial charge on any atom is -0.494 e. The second kappa shape index (κ2) is 11.2. The van der Waals surface area contributed by atoms with Crippen LogP contribution in [0, 0.1) is 13.8 Å². The van der Waals surface area contributed by atoms with E-state index in [1.165, 1.54) is 16.1 Å². The molecule has 0 aliphatic heterocycles. The zero-order chi connectivity index (χ0) is 23.0. The number of sulfonamides is 1. The Morgan fingerprint density at radius 2 is 1.77 bits per heavy atom. The number of carbonyl (C=O) groups is 1. The Bertz CT molecular complexity index is 972. The fraction of sp³-hybridized carbons (Fsp3) is 0.458. The smallest absolute Gasteiger partial charge is 0.232 e. The van der Waals surface area contributed by atoms with Crippen LogP contribution in [0.1, 0.15) is 55.8 Å². The van der Waals surface area contributed by atoms with Gasteiger partial charge in [-0.3, -0.25) is 9.10 Å². The standard InChI is InChI=1S/C24H34N2O4S/c1-6-23(22-15-10-18(3)17-19(22)4)25-24(27)9-8-16-26(31(5,28)29)20-11-13-21(14-12-20)30-7-2/h10-15,17,23H,6-9,16H2,1-5H3,(H,25,27). The molecule has 0 aromatic heterocycles. The van der Waals surface area contributed by atoms with Gasteiger partial charge in [0.15, 0.2) is 0 Å². The summed E-state index contributed by atoms with van der Waals surface area (Å²) in [5.41, 5.74) is 4.03. The highest BCUT2D eigenvalue weighted by Crippen LogP contribution is 2.23. The van der Waals surface area contributed by atoms with E-state index >= 15 is 0 Å². The van der Waals surface area contributed by atoms with Gasteiger partial charge in [0.2, 0.25) is 15.9 Å². The van der Waals surface area contributed by atoms with Crippen molar-refractivity contribution in [1.29, 1.82) is 0 Å². The van der Waals surface area contributed by atoms with Gasteiger partial charge in [0.25, 0.3) is 0 Å². The van der Waals surface area contributed by atoms with Crippen LogP contribution in [0.5, 0.6) is 5.75 Å². The third-order valence-corrected chi connectivity index (χ3v) is 6.34. The molecule has 0 spiro atoms. The van der Waals surface area contributed by atoms with Crippen LogP contribution in [0.2, 0.25) is 0 Å². The molecule has 0 fully saturated rings. The lowest BCUT2D eigenvalue weighted by Gasteiger charge is -2.23. The highest BCUT2D eigenvalue weighted by Gasteiger charge is 2.19. The van der Waals surface area contributed by atoms with Crippen molar-refractivity contribution in [3.05, 3.63) is 59.2 Å². The summed E-state index contributed by atoms with van der Waals surface area (Å²) in [6.45, 7) is 8.82. The summed E-state index contributed by atoms with van der Waals surface area (Å²) in [5.74, 6) is 0.614. The van der Waals surface area contributed by atoms with E-state index < -0.39 is 10.0 Å². The monoisotopic (exact) mass is 446 g/mol. The number of hydrogen-bond acceptors (Lipinski definition) is 4. The van der Waals surface area contributed by atoms with Gasteiger partial charge >= 0.3 is 0 Å². The maximum atomic E-state index is 12.6. The van der Waals surface area contributed by atoms with Gasteiger partial charge in [-0.05, 0) is 69.0 Å². The van der Waals surface area contributed by atoms with Gasteiger partial charge in [-0.2, -0.15) is 0 Å². The molecule has 2 rings (SSSR count). The number of hydrogen-bond donors (Lipinski definition) is 1. The zero-order valence-corrected chi connectivity index (χ0v) is 20.0. The summed E-state index contributed by atoms with van der Waals surface area (Å²) in [4.78, 5) is 12.6. The number of amides is 1. The van der Waals surface area contributed by atoms with Gasteiger partial charge < -0.3 is 10.1 Å². The molecular weight excluding hydrogens is 412 g/mol. The highest BCUT2D eigenvalue weighted by atomic mass is 32.2. The minimum atomic E-state index is -3.46. The third-order valence-electron chi connectivity index (χ3n) is 5.15. The molecule has 0 aliphatic rings. The lowest BCUT2D eigenvalue weighted by molar-refractivity contribution is -0.121. The molecular formula is C24H34N2O4S. The summed E-state index contributed by atoms with van der Waals surface area (Å²) in [5, 5.41) is 3.09. The fourth-order valence-electron chi connectivity index (χ4n) is 3.63. The van der Waals surface area contributed by atoms with E-state index in [9.17, 15) is 13.2 Å². The molecule has 1 unspecified atom stereocenters. The molecule has 0 saturated carbocycles. The second-order valence-electron chi connectivity index (χ2n) is 7.75. The number of nitrogens with zero attached hydrogens (tertiary/aromatic N) is 1. The summed E-state index contributed by atoms with van der Waals surface area (Å²) in [6, 6.07) is 13.1. The Labute approximate surface area is 186 Å². The first-order valence-electron chi connectivity index (χ1n) is 10.7. The average molecular weight is 447 g/mol. The van der Waals surface area contributed by atoms with E-state index in [0.717, 1.165) is 17.5 Å². The van der Waals surface area contributed by atoms with Crippen molar-refractivity contribution < 1.29 is 17.9 Å². The van der Waals surface area contributed by atoms with Crippen molar-refractivity contribution in [2.45, 2.75) is 53.0 Å². The number of rotatable bonds is 11. The first-order chi connectivity index (χ1) is 14.7. The molecule has 0 radical (unpaired) electrons. The third kappa shape index (κ3) is 7.28. The number of benzene rings is 2. The van der Waals surface area contributed by atoms with Crippen molar-refractivity contribution in [3.63, 3.8) is 0 Å². The Kier molecular flexibility index (Phi) is 8.92. The van der Waals surface area contributed by atoms with Crippen molar-refractivity contribution >= 4 is 21.6 Å². The summed E-state index contributed by atoms with van der Waals surface area (Å²) < 4.78 is 31.3. The van der Waals surface area contributed by atoms with Crippen molar-refractivity contribution in [3.8, 4) is 5.75 Å². The molecule has 170 valence electrons. The van der Waals surface area contributed by atoms with Crippen LogP contribution < -0.4 is 14.4 Å². The highest BCUT2D eigenvalue weighted by molar-refractivity contribution is 7.92. The Balaban J connectivity index is 1.98. The second-order valence-corrected chi connectivity index (χ2v) is 9.66. The Morgan fingerprint density at radius 1 is 1.10 bits per heavy atom. The summed E-state index contributed by atoms with van der Waals surface area (Å²) >= 11 is 0. The van der Waals surface area contributed by atoms with Gasteiger partial charge in [0, 0.05) is 13.0 Å². The van der Waals surface area contributed by atoms with Gasteiger partial charge in [0.1, 0.15) is 5.75 Å². The van der Waals surface area contributed by atoms with Gasteiger partial charge in [-0.25, -0.2) is 8.42 Å². The number of anilines is 1. The molecule has 31 heavy (non-hydrogen) atoms. The van der Waals surface area contributed by atoms with E-state index in [1.807, 2.05) is 20.8 Å². The number of nitrogens with one attached hydrogen (secondary N) is 1. The van der Waals surface area contributed by atoms with Crippen LogP contribution in [0.3, 0.4) is 0 Å². The SMILES string of the molecule is CCOc1ccc(N(CCCC(=O)NC(CC)c2ccc(C)cc2C)S(C)(=O)=O)cc1. The predicted octanol–water partition coefficient (Wildman–Crippen LogP) is 4.52. The number of carbonyl (C=O) groups excluding carboxylic acids is 1. The van der Waals surface area contributed by atoms with Crippen LogP contribution in [-0.4, -0.2) is 33.7 Å². The van der Waals surface area contributed by atoms with Crippen LogP contribution in [0.25, 0.3) is 0 Å². The quantitative estimate of drug-likeness (QED) is 0.551. The molecule has 2 aromatic rings. The lowest BCUT2D eigenvalue weighted by Crippen LogP contribution is -2.33. The normalized spacial score (nSPS) is 12.3. The topological polar surface area (TPSA) is 75.7 Å². The maximum absolute atomic E-state index is 12.6. The maximum Gasteiger partial charge on any atom is 0.232 e. The van der Waals surface area contributed by atoms with Crippen LogP contribution in [0.4, 0.5) is 5.69 Å². The molecule has 0 aliphatic carbocycles. The Hall–Kier alpha value is -2.54. The molecule has 0 heterocycles. The molecule has 1 amide bonds. The fourth-order valence-corrected chi connectivity index (χ4v) is 4.59. The molecule has 2 aromatic carbocycles. The molecule has 1 N–H and O–H groups in total. The molecule has 6 nitrogen and oxygen atoms in total. The molecule has 0 saturated heterocycles. The van der Waals surface area contributed by atoms with E-state index in [2.05, 4.69) is 30.4 Å². The first-order valence-corrected chi connectivity index (χ1v) is 12.6. The van der Waals surface area contributed by atoms with E-state index in [-0.39, 0.29) is 24.9 Å².